The number of aliphatic hydroxyl groups excluding tert-OH is 2. The summed E-state index contributed by atoms with van der Waals surface area (Å²) in [5.74, 6) is 0.761. The van der Waals surface area contributed by atoms with Gasteiger partial charge < -0.3 is 19.7 Å². The Balaban J connectivity index is 1.19. The quantitative estimate of drug-likeness (QED) is 0.316. The Morgan fingerprint density at radius 3 is 1.85 bits per heavy atom. The second kappa shape index (κ2) is 14.2. The van der Waals surface area contributed by atoms with Gasteiger partial charge in [-0.15, -0.1) is 0 Å². The van der Waals surface area contributed by atoms with Gasteiger partial charge in [-0.25, -0.2) is 0 Å². The average Bonchev–Trinajstić information content (AvgIpc) is 2.96. The molecule has 1 aliphatic rings. The van der Waals surface area contributed by atoms with Crippen LogP contribution in [-0.2, 0) is 0 Å². The largest absolute Gasteiger partial charge is 0.490 e. The van der Waals surface area contributed by atoms with E-state index < -0.39 is 12.2 Å². The van der Waals surface area contributed by atoms with E-state index in [1.165, 1.54) is 6.92 Å². The van der Waals surface area contributed by atoms with Crippen LogP contribution in [-0.4, -0.2) is 96.3 Å². The predicted molar refractivity (Wildman–Crippen MR) is 153 cm³/mol. The second-order valence-electron chi connectivity index (χ2n) is 10.3. The molecule has 3 aromatic carbocycles. The molecule has 0 aromatic heterocycles. The average molecular weight is 547 g/mol. The number of aryl methyl sites for hydroxylation is 1. The summed E-state index contributed by atoms with van der Waals surface area (Å²) in [6.07, 6.45) is -1.40. The summed E-state index contributed by atoms with van der Waals surface area (Å²) in [5.41, 5.74) is 2.56. The number of para-hydroxylation sites is 1. The fourth-order valence-electron chi connectivity index (χ4n) is 4.80. The molecule has 3 aromatic rings. The standard InChI is InChI=1S/C32H38N2O6/c1-23-12-13-31(29(18-23)24(2)35)40-22-27(37)20-34-16-14-33(15-17-34)19-26(36)21-39-30-11-7-6-10-28(30)32(38)25-8-4-3-5-9-25/h3-13,18,26-27,36-37H,14-17,19-22H2,1-2H3. The Bertz CT molecular complexity index is 1270. The Labute approximate surface area is 235 Å². The SMILES string of the molecule is CC(=O)c1cc(C)ccc1OCC(O)CN1CCN(CC(O)COc2ccccc2C(=O)c2ccccc2)CC1. The zero-order valence-electron chi connectivity index (χ0n) is 23.2. The number of ether oxygens (including phenoxy) is 2. The second-order valence-corrected chi connectivity index (χ2v) is 10.3. The molecule has 0 saturated carbocycles. The van der Waals surface area contributed by atoms with E-state index in [1.54, 1.807) is 42.5 Å². The van der Waals surface area contributed by atoms with Crippen molar-refractivity contribution in [2.75, 3.05) is 52.5 Å². The first kappa shape index (κ1) is 29.4. The minimum atomic E-state index is -0.713. The number of aliphatic hydroxyl groups is 2. The summed E-state index contributed by atoms with van der Waals surface area (Å²) in [6, 6.07) is 21.6. The van der Waals surface area contributed by atoms with Gasteiger partial charge in [-0.1, -0.05) is 54.1 Å². The van der Waals surface area contributed by atoms with Gasteiger partial charge in [-0.3, -0.25) is 19.4 Å². The van der Waals surface area contributed by atoms with Gasteiger partial charge in [-0.2, -0.15) is 0 Å². The molecule has 2 N–H and O–H groups in total. The van der Waals surface area contributed by atoms with Crippen LogP contribution in [0.15, 0.2) is 72.8 Å². The van der Waals surface area contributed by atoms with Gasteiger partial charge in [0.05, 0.1) is 11.1 Å². The predicted octanol–water partition coefficient (Wildman–Crippen LogP) is 3.23. The third-order valence-electron chi connectivity index (χ3n) is 6.95. The highest BCUT2D eigenvalue weighted by molar-refractivity contribution is 6.10. The molecule has 4 rings (SSSR count). The molecule has 2 atom stereocenters. The summed E-state index contributed by atoms with van der Waals surface area (Å²) in [5, 5.41) is 21.2. The molecular formula is C32H38N2O6. The molecule has 2 unspecified atom stereocenters. The number of carbonyl (C=O) groups excluding carboxylic acids is 2. The number of rotatable bonds is 13. The van der Waals surface area contributed by atoms with Crippen LogP contribution < -0.4 is 9.47 Å². The maximum absolute atomic E-state index is 12.9. The van der Waals surface area contributed by atoms with E-state index in [0.29, 0.717) is 41.3 Å². The van der Waals surface area contributed by atoms with E-state index in [1.807, 2.05) is 37.3 Å². The van der Waals surface area contributed by atoms with Crippen LogP contribution in [0.4, 0.5) is 0 Å². The summed E-state index contributed by atoms with van der Waals surface area (Å²) in [7, 11) is 0. The minimum Gasteiger partial charge on any atom is -0.490 e. The van der Waals surface area contributed by atoms with Gasteiger partial charge in [0.15, 0.2) is 11.6 Å². The maximum Gasteiger partial charge on any atom is 0.196 e. The molecule has 1 saturated heterocycles. The van der Waals surface area contributed by atoms with E-state index in [9.17, 15) is 19.8 Å². The number of hydrogen-bond acceptors (Lipinski definition) is 8. The summed E-state index contributed by atoms with van der Waals surface area (Å²) < 4.78 is 11.6. The van der Waals surface area contributed by atoms with Crippen molar-refractivity contribution >= 4 is 11.6 Å². The van der Waals surface area contributed by atoms with Gasteiger partial charge in [0.1, 0.15) is 36.9 Å². The molecule has 1 aliphatic heterocycles. The number of β-amino-alcohol motifs (C(OH)–C–C–N with tert-alkyl or cyclic N) is 2. The first-order chi connectivity index (χ1) is 19.3. The monoisotopic (exact) mass is 546 g/mol. The number of ketones is 2. The fraction of sp³-hybridized carbons (Fsp3) is 0.375. The minimum absolute atomic E-state index is 0.0678. The highest BCUT2D eigenvalue weighted by Gasteiger charge is 2.22. The van der Waals surface area contributed by atoms with Crippen molar-refractivity contribution in [2.24, 2.45) is 0 Å². The molecule has 0 bridgehead atoms. The molecule has 212 valence electrons. The molecule has 0 spiro atoms. The lowest BCUT2D eigenvalue weighted by Gasteiger charge is -2.36. The van der Waals surface area contributed by atoms with E-state index in [2.05, 4.69) is 9.80 Å². The first-order valence-electron chi connectivity index (χ1n) is 13.7. The van der Waals surface area contributed by atoms with E-state index >= 15 is 0 Å². The van der Waals surface area contributed by atoms with E-state index in [-0.39, 0.29) is 24.8 Å². The van der Waals surface area contributed by atoms with E-state index in [0.717, 1.165) is 31.7 Å². The van der Waals surface area contributed by atoms with Gasteiger partial charge >= 0.3 is 0 Å². The van der Waals surface area contributed by atoms with Crippen molar-refractivity contribution in [3.05, 3.63) is 95.1 Å². The maximum atomic E-state index is 12.9. The lowest BCUT2D eigenvalue weighted by atomic mass is 10.0. The Kier molecular flexibility index (Phi) is 10.4. The zero-order chi connectivity index (χ0) is 28.5. The van der Waals surface area contributed by atoms with Crippen molar-refractivity contribution in [2.45, 2.75) is 26.1 Å². The molecule has 8 nitrogen and oxygen atoms in total. The van der Waals surface area contributed by atoms with Crippen LogP contribution in [0.3, 0.4) is 0 Å². The Hall–Kier alpha value is -3.56. The fourth-order valence-corrected chi connectivity index (χ4v) is 4.80. The number of hydrogen-bond donors (Lipinski definition) is 2. The Morgan fingerprint density at radius 2 is 1.27 bits per heavy atom. The number of nitrogens with zero attached hydrogens (tertiary/aromatic N) is 2. The number of piperazine rings is 1. The van der Waals surface area contributed by atoms with Crippen LogP contribution in [0.2, 0.25) is 0 Å². The summed E-state index contributed by atoms with van der Waals surface area (Å²) >= 11 is 0. The molecule has 0 amide bonds. The molecule has 0 aliphatic carbocycles. The van der Waals surface area contributed by atoms with Gasteiger partial charge in [0.2, 0.25) is 0 Å². The smallest absolute Gasteiger partial charge is 0.196 e. The summed E-state index contributed by atoms with van der Waals surface area (Å²) in [6.45, 7) is 7.54. The van der Waals surface area contributed by atoms with Crippen molar-refractivity contribution in [3.63, 3.8) is 0 Å². The third-order valence-corrected chi connectivity index (χ3v) is 6.95. The topological polar surface area (TPSA) is 99.5 Å². The third kappa shape index (κ3) is 8.22. The zero-order valence-corrected chi connectivity index (χ0v) is 23.2. The molecule has 1 fully saturated rings. The first-order valence-corrected chi connectivity index (χ1v) is 13.7. The van der Waals surface area contributed by atoms with Crippen molar-refractivity contribution in [1.82, 2.24) is 9.80 Å². The number of Topliss-reactive ketones (excluding diaryl/α,β-unsaturated/α-hetero) is 1. The van der Waals surface area contributed by atoms with Crippen LogP contribution in [0.25, 0.3) is 0 Å². The van der Waals surface area contributed by atoms with Crippen molar-refractivity contribution < 1.29 is 29.3 Å². The van der Waals surface area contributed by atoms with Crippen molar-refractivity contribution in [1.29, 1.82) is 0 Å². The van der Waals surface area contributed by atoms with E-state index in [4.69, 9.17) is 9.47 Å². The Morgan fingerprint density at radius 1 is 0.750 bits per heavy atom. The molecular weight excluding hydrogens is 508 g/mol. The highest BCUT2D eigenvalue weighted by atomic mass is 16.5. The molecule has 8 heteroatoms. The normalized spacial score (nSPS) is 15.8. The van der Waals surface area contributed by atoms with Gasteiger partial charge in [0.25, 0.3) is 0 Å². The lowest BCUT2D eigenvalue weighted by Crippen LogP contribution is -2.51. The molecule has 40 heavy (non-hydrogen) atoms. The summed E-state index contributed by atoms with van der Waals surface area (Å²) in [4.78, 5) is 29.1. The van der Waals surface area contributed by atoms with Crippen LogP contribution in [0.1, 0.15) is 38.8 Å². The van der Waals surface area contributed by atoms with Gasteiger partial charge in [0, 0.05) is 44.8 Å². The van der Waals surface area contributed by atoms with Crippen LogP contribution in [0.5, 0.6) is 11.5 Å². The number of carbonyl (C=O) groups is 2. The van der Waals surface area contributed by atoms with Crippen LogP contribution in [0, 0.1) is 6.92 Å². The highest BCUT2D eigenvalue weighted by Crippen LogP contribution is 2.23. The van der Waals surface area contributed by atoms with Crippen molar-refractivity contribution in [3.8, 4) is 11.5 Å². The molecule has 1 heterocycles. The number of benzene rings is 3. The molecule has 0 radical (unpaired) electrons. The van der Waals surface area contributed by atoms with Gasteiger partial charge in [-0.05, 0) is 38.1 Å². The van der Waals surface area contributed by atoms with Crippen LogP contribution >= 0.6 is 0 Å². The lowest BCUT2D eigenvalue weighted by molar-refractivity contribution is 0.0239.